The van der Waals surface area contributed by atoms with Crippen molar-refractivity contribution in [2.45, 2.75) is 13.0 Å². The first-order chi connectivity index (χ1) is 13.4. The number of amides is 3. The van der Waals surface area contributed by atoms with Gasteiger partial charge in [0.25, 0.3) is 11.6 Å². The van der Waals surface area contributed by atoms with E-state index in [0.29, 0.717) is 17.0 Å². The molecule has 4 rings (SSSR count). The minimum atomic E-state index is -0.560. The second-order valence-corrected chi connectivity index (χ2v) is 6.88. The van der Waals surface area contributed by atoms with Crippen LogP contribution in [0.5, 0.6) is 0 Å². The molecule has 0 fully saturated rings. The normalized spacial score (nSPS) is 19.0. The van der Waals surface area contributed by atoms with Gasteiger partial charge in [0.05, 0.1) is 34.5 Å². The Morgan fingerprint density at radius 2 is 1.86 bits per heavy atom. The maximum Gasteiger partial charge on any atom is 0.322 e. The van der Waals surface area contributed by atoms with Crippen molar-refractivity contribution in [1.82, 2.24) is 10.2 Å². The zero-order chi connectivity index (χ0) is 20.0. The highest BCUT2D eigenvalue weighted by atomic mass is 16.6. The number of anilines is 1. The molecule has 8 nitrogen and oxygen atoms in total. The van der Waals surface area contributed by atoms with Gasteiger partial charge in [-0.25, -0.2) is 4.79 Å². The fraction of sp³-hybridized carbons (Fsp3) is 0.200. The molecule has 2 aliphatic rings. The smallest absolute Gasteiger partial charge is 0.322 e. The summed E-state index contributed by atoms with van der Waals surface area (Å²) in [6, 6.07) is 12.7. The number of nitro groups is 1. The minimum Gasteiger partial charge on any atom is -0.327 e. The topological polar surface area (TPSA) is 95.8 Å². The number of carbonyl (C=O) groups excluding carboxylic acids is 2. The lowest BCUT2D eigenvalue weighted by Crippen LogP contribution is -2.45. The van der Waals surface area contributed by atoms with Crippen LogP contribution in [0.1, 0.15) is 17.2 Å². The monoisotopic (exact) mass is 378 g/mol. The van der Waals surface area contributed by atoms with Crippen molar-refractivity contribution >= 4 is 23.3 Å². The molecule has 142 valence electrons. The highest BCUT2D eigenvalue weighted by molar-refractivity contribution is 6.11. The SMILES string of the molecule is Cc1ccc([C@H]2NC(=O)N(C)C3=C2C(=O)N(c2cccc([N+](=O)[O-])c2)C3)cc1. The maximum atomic E-state index is 13.2. The third kappa shape index (κ3) is 2.79. The molecular weight excluding hydrogens is 360 g/mol. The van der Waals surface area contributed by atoms with Gasteiger partial charge in [-0.2, -0.15) is 0 Å². The molecule has 0 saturated heterocycles. The van der Waals surface area contributed by atoms with Gasteiger partial charge in [-0.05, 0) is 18.6 Å². The zero-order valence-electron chi connectivity index (χ0n) is 15.4. The van der Waals surface area contributed by atoms with Crippen molar-refractivity contribution in [3.8, 4) is 0 Å². The number of hydrogen-bond donors (Lipinski definition) is 1. The van der Waals surface area contributed by atoms with Gasteiger partial charge in [-0.3, -0.25) is 19.8 Å². The summed E-state index contributed by atoms with van der Waals surface area (Å²) in [6.45, 7) is 2.15. The quantitative estimate of drug-likeness (QED) is 0.656. The zero-order valence-corrected chi connectivity index (χ0v) is 15.4. The molecule has 8 heteroatoms. The summed E-state index contributed by atoms with van der Waals surface area (Å²) >= 11 is 0. The number of rotatable bonds is 3. The molecule has 2 heterocycles. The Morgan fingerprint density at radius 1 is 1.14 bits per heavy atom. The van der Waals surface area contributed by atoms with Crippen LogP contribution in [-0.2, 0) is 4.79 Å². The molecule has 0 aromatic heterocycles. The Balaban J connectivity index is 1.75. The Bertz CT molecular complexity index is 1030. The van der Waals surface area contributed by atoms with Crippen LogP contribution in [0.4, 0.5) is 16.2 Å². The number of non-ortho nitro benzene ring substituents is 1. The molecule has 0 radical (unpaired) electrons. The maximum absolute atomic E-state index is 13.2. The lowest BCUT2D eigenvalue weighted by Gasteiger charge is -2.31. The summed E-state index contributed by atoms with van der Waals surface area (Å²) in [5, 5.41) is 14.0. The molecule has 0 unspecified atom stereocenters. The molecule has 28 heavy (non-hydrogen) atoms. The standard InChI is InChI=1S/C20H18N4O4/c1-12-6-8-13(9-7-12)18-17-16(22(2)20(26)21-18)11-23(19(17)25)14-4-3-5-15(10-14)24(27)28/h3-10,18H,11H2,1-2H3,(H,21,26)/t18-/m1/s1. The Morgan fingerprint density at radius 3 is 2.54 bits per heavy atom. The van der Waals surface area contributed by atoms with Gasteiger partial charge in [0, 0.05) is 19.2 Å². The van der Waals surface area contributed by atoms with E-state index < -0.39 is 11.0 Å². The number of nitro benzene ring substituents is 1. The third-order valence-corrected chi connectivity index (χ3v) is 5.12. The van der Waals surface area contributed by atoms with E-state index >= 15 is 0 Å². The van der Waals surface area contributed by atoms with Crippen LogP contribution in [0.25, 0.3) is 0 Å². The average Bonchev–Trinajstić information content (AvgIpc) is 3.03. The number of aryl methyl sites for hydroxylation is 1. The average molecular weight is 378 g/mol. The summed E-state index contributed by atoms with van der Waals surface area (Å²) in [6.07, 6.45) is 0. The highest BCUT2D eigenvalue weighted by Gasteiger charge is 2.43. The van der Waals surface area contributed by atoms with Gasteiger partial charge in [-0.15, -0.1) is 0 Å². The van der Waals surface area contributed by atoms with Crippen molar-refractivity contribution in [1.29, 1.82) is 0 Å². The van der Waals surface area contributed by atoms with Gasteiger partial charge in [0.15, 0.2) is 0 Å². The van der Waals surface area contributed by atoms with Crippen LogP contribution >= 0.6 is 0 Å². The van der Waals surface area contributed by atoms with Crippen molar-refractivity contribution in [2.24, 2.45) is 0 Å². The van der Waals surface area contributed by atoms with Crippen molar-refractivity contribution in [3.63, 3.8) is 0 Å². The first-order valence-electron chi connectivity index (χ1n) is 8.77. The first kappa shape index (κ1) is 17.7. The second-order valence-electron chi connectivity index (χ2n) is 6.88. The van der Waals surface area contributed by atoms with Crippen LogP contribution < -0.4 is 10.2 Å². The van der Waals surface area contributed by atoms with Crippen LogP contribution in [0, 0.1) is 17.0 Å². The molecule has 3 amide bonds. The van der Waals surface area contributed by atoms with E-state index in [2.05, 4.69) is 5.32 Å². The highest BCUT2D eigenvalue weighted by Crippen LogP contribution is 2.38. The molecule has 1 N–H and O–H groups in total. The molecule has 2 aromatic rings. The molecule has 1 atom stereocenters. The van der Waals surface area contributed by atoms with Crippen molar-refractivity contribution in [3.05, 3.63) is 81.0 Å². The fourth-order valence-electron chi connectivity index (χ4n) is 3.56. The lowest BCUT2D eigenvalue weighted by molar-refractivity contribution is -0.384. The molecule has 2 aromatic carbocycles. The summed E-state index contributed by atoms with van der Waals surface area (Å²) < 4.78 is 0. The van der Waals surface area contributed by atoms with Crippen LogP contribution in [0.2, 0.25) is 0 Å². The largest absolute Gasteiger partial charge is 0.327 e. The Kier molecular flexibility index (Phi) is 4.11. The van der Waals surface area contributed by atoms with Crippen molar-refractivity contribution in [2.75, 3.05) is 18.5 Å². The summed E-state index contributed by atoms with van der Waals surface area (Å²) in [5.74, 6) is -0.270. The Labute approximate surface area is 161 Å². The molecule has 2 aliphatic heterocycles. The van der Waals surface area contributed by atoms with E-state index in [0.717, 1.165) is 11.1 Å². The van der Waals surface area contributed by atoms with E-state index in [4.69, 9.17) is 0 Å². The van der Waals surface area contributed by atoms with Gasteiger partial charge < -0.3 is 10.2 Å². The number of nitrogens with zero attached hydrogens (tertiary/aromatic N) is 3. The number of carbonyl (C=O) groups is 2. The summed E-state index contributed by atoms with van der Waals surface area (Å²) in [5.41, 5.74) is 3.31. The number of likely N-dealkylation sites (N-methyl/N-ethyl adjacent to an activating group) is 1. The summed E-state index contributed by atoms with van der Waals surface area (Å²) in [7, 11) is 1.61. The van der Waals surface area contributed by atoms with Gasteiger partial charge in [0.2, 0.25) is 0 Å². The number of nitrogens with one attached hydrogen (secondary N) is 1. The van der Waals surface area contributed by atoms with Crippen molar-refractivity contribution < 1.29 is 14.5 Å². The Hall–Kier alpha value is -3.68. The predicted octanol–water partition coefficient (Wildman–Crippen LogP) is 2.90. The van der Waals surface area contributed by atoms with E-state index in [1.165, 1.54) is 21.9 Å². The van der Waals surface area contributed by atoms with Crippen LogP contribution in [0.15, 0.2) is 59.8 Å². The molecule has 0 bridgehead atoms. The number of benzene rings is 2. The third-order valence-electron chi connectivity index (χ3n) is 5.12. The van der Waals surface area contributed by atoms with E-state index in [1.54, 1.807) is 19.2 Å². The minimum absolute atomic E-state index is 0.0900. The molecule has 0 spiro atoms. The van der Waals surface area contributed by atoms with Crippen LogP contribution in [0.3, 0.4) is 0 Å². The number of hydrogen-bond acceptors (Lipinski definition) is 4. The van der Waals surface area contributed by atoms with Crippen LogP contribution in [-0.4, -0.2) is 35.4 Å². The van der Waals surface area contributed by atoms with Gasteiger partial charge in [-0.1, -0.05) is 35.9 Å². The van der Waals surface area contributed by atoms with E-state index in [1.807, 2.05) is 31.2 Å². The second kappa shape index (κ2) is 6.49. The van der Waals surface area contributed by atoms with Gasteiger partial charge in [0.1, 0.15) is 0 Å². The fourth-order valence-corrected chi connectivity index (χ4v) is 3.56. The predicted molar refractivity (Wildman–Crippen MR) is 103 cm³/mol. The molecule has 0 aliphatic carbocycles. The van der Waals surface area contributed by atoms with E-state index in [9.17, 15) is 19.7 Å². The van der Waals surface area contributed by atoms with E-state index in [-0.39, 0.29) is 24.2 Å². The summed E-state index contributed by atoms with van der Waals surface area (Å²) in [4.78, 5) is 39.2. The molecular formula is C20H18N4O4. The molecule has 0 saturated carbocycles. The number of urea groups is 1. The van der Waals surface area contributed by atoms with Gasteiger partial charge >= 0.3 is 6.03 Å². The first-order valence-corrected chi connectivity index (χ1v) is 8.77. The lowest BCUT2D eigenvalue weighted by atomic mass is 9.95.